The predicted octanol–water partition coefficient (Wildman–Crippen LogP) is 1.61. The van der Waals surface area contributed by atoms with Gasteiger partial charge in [-0.05, 0) is 64.1 Å². The first kappa shape index (κ1) is 9.17. The molecule has 0 aromatic heterocycles. The summed E-state index contributed by atoms with van der Waals surface area (Å²) in [4.78, 5) is 2.75. The summed E-state index contributed by atoms with van der Waals surface area (Å²) in [5, 5.41) is 3.79. The lowest BCUT2D eigenvalue weighted by Crippen LogP contribution is -2.51. The second kappa shape index (κ2) is 3.82. The van der Waals surface area contributed by atoms with Crippen LogP contribution in [0.5, 0.6) is 0 Å². The van der Waals surface area contributed by atoms with Gasteiger partial charge in [-0.1, -0.05) is 0 Å². The monoisotopic (exact) mass is 194 g/mol. The molecular weight excluding hydrogens is 172 g/mol. The Morgan fingerprint density at radius 3 is 2.64 bits per heavy atom. The zero-order valence-corrected chi connectivity index (χ0v) is 9.04. The summed E-state index contributed by atoms with van der Waals surface area (Å²) < 4.78 is 0. The van der Waals surface area contributed by atoms with Crippen molar-refractivity contribution in [2.45, 2.75) is 50.6 Å². The Hall–Kier alpha value is -0.0800. The van der Waals surface area contributed by atoms with E-state index in [0.29, 0.717) is 0 Å². The van der Waals surface area contributed by atoms with Crippen LogP contribution in [0.15, 0.2) is 0 Å². The molecule has 3 aliphatic heterocycles. The van der Waals surface area contributed by atoms with E-state index in [1.807, 2.05) is 0 Å². The van der Waals surface area contributed by atoms with E-state index in [0.717, 1.165) is 18.0 Å². The van der Waals surface area contributed by atoms with Gasteiger partial charge >= 0.3 is 0 Å². The van der Waals surface area contributed by atoms with E-state index in [1.165, 1.54) is 58.2 Å². The molecule has 0 bridgehead atoms. The highest BCUT2D eigenvalue weighted by atomic mass is 15.2. The minimum absolute atomic E-state index is 0.841. The van der Waals surface area contributed by atoms with E-state index in [1.54, 1.807) is 0 Å². The Balaban J connectivity index is 1.79. The molecule has 2 heteroatoms. The second-order valence-corrected chi connectivity index (χ2v) is 5.27. The van der Waals surface area contributed by atoms with Crippen molar-refractivity contribution >= 4 is 0 Å². The molecular formula is C12H22N2. The van der Waals surface area contributed by atoms with E-state index in [4.69, 9.17) is 0 Å². The fourth-order valence-corrected chi connectivity index (χ4v) is 3.85. The van der Waals surface area contributed by atoms with Gasteiger partial charge in [-0.15, -0.1) is 0 Å². The van der Waals surface area contributed by atoms with Crippen LogP contribution in [0.3, 0.4) is 0 Å². The second-order valence-electron chi connectivity index (χ2n) is 5.27. The predicted molar refractivity (Wildman–Crippen MR) is 58.3 cm³/mol. The Morgan fingerprint density at radius 1 is 0.929 bits per heavy atom. The molecule has 3 heterocycles. The number of fused-ring (bicyclic) bond motifs is 3. The van der Waals surface area contributed by atoms with Crippen molar-refractivity contribution < 1.29 is 0 Å². The molecule has 0 spiro atoms. The van der Waals surface area contributed by atoms with Crippen molar-refractivity contribution in [3.8, 4) is 0 Å². The Labute approximate surface area is 87.0 Å². The first-order valence-corrected chi connectivity index (χ1v) is 6.42. The highest BCUT2D eigenvalue weighted by Crippen LogP contribution is 2.33. The summed E-state index contributed by atoms with van der Waals surface area (Å²) in [5.41, 5.74) is 0. The summed E-state index contributed by atoms with van der Waals surface area (Å²) in [6.45, 7) is 4.01. The summed E-state index contributed by atoms with van der Waals surface area (Å²) in [6, 6.07) is 1.73. The first-order chi connectivity index (χ1) is 6.95. The van der Waals surface area contributed by atoms with Crippen LogP contribution in [0, 0.1) is 5.92 Å². The van der Waals surface area contributed by atoms with E-state index in [-0.39, 0.29) is 0 Å². The summed E-state index contributed by atoms with van der Waals surface area (Å²) in [6.07, 6.45) is 8.71. The average Bonchev–Trinajstić information content (AvgIpc) is 2.61. The lowest BCUT2D eigenvalue weighted by molar-refractivity contribution is 0.173. The van der Waals surface area contributed by atoms with Gasteiger partial charge in [0.05, 0.1) is 0 Å². The van der Waals surface area contributed by atoms with Crippen LogP contribution in [0.1, 0.15) is 38.5 Å². The van der Waals surface area contributed by atoms with E-state index >= 15 is 0 Å². The average molecular weight is 194 g/mol. The number of nitrogens with zero attached hydrogens (tertiary/aromatic N) is 1. The van der Waals surface area contributed by atoms with Gasteiger partial charge in [0.2, 0.25) is 0 Å². The zero-order valence-electron chi connectivity index (χ0n) is 9.04. The van der Waals surface area contributed by atoms with Crippen LogP contribution >= 0.6 is 0 Å². The molecule has 0 aromatic rings. The van der Waals surface area contributed by atoms with Gasteiger partial charge in [0.1, 0.15) is 0 Å². The van der Waals surface area contributed by atoms with Crippen LogP contribution in [0.2, 0.25) is 0 Å². The molecule has 0 saturated carbocycles. The molecule has 3 rings (SSSR count). The summed E-state index contributed by atoms with van der Waals surface area (Å²) >= 11 is 0. The molecule has 80 valence electrons. The first-order valence-electron chi connectivity index (χ1n) is 6.42. The maximum absolute atomic E-state index is 3.79. The Kier molecular flexibility index (Phi) is 2.50. The summed E-state index contributed by atoms with van der Waals surface area (Å²) in [7, 11) is 0. The number of nitrogens with one attached hydrogen (secondary N) is 1. The van der Waals surface area contributed by atoms with Crippen LogP contribution in [0.4, 0.5) is 0 Å². The number of rotatable bonds is 0. The normalized spacial score (nSPS) is 44.1. The van der Waals surface area contributed by atoms with Gasteiger partial charge in [0.25, 0.3) is 0 Å². The highest BCUT2D eigenvalue weighted by molar-refractivity contribution is 4.96. The van der Waals surface area contributed by atoms with E-state index in [9.17, 15) is 0 Å². The van der Waals surface area contributed by atoms with Crippen molar-refractivity contribution in [1.82, 2.24) is 10.2 Å². The maximum atomic E-state index is 3.79. The lowest BCUT2D eigenvalue weighted by Gasteiger charge is -2.37. The third-order valence-electron chi connectivity index (χ3n) is 4.49. The Morgan fingerprint density at radius 2 is 1.71 bits per heavy atom. The third kappa shape index (κ3) is 1.49. The van der Waals surface area contributed by atoms with Gasteiger partial charge in [-0.25, -0.2) is 0 Å². The molecule has 3 saturated heterocycles. The fourth-order valence-electron chi connectivity index (χ4n) is 3.85. The van der Waals surface area contributed by atoms with Crippen LogP contribution in [0.25, 0.3) is 0 Å². The van der Waals surface area contributed by atoms with Crippen molar-refractivity contribution in [2.24, 2.45) is 5.92 Å². The molecule has 3 unspecified atom stereocenters. The molecule has 3 fully saturated rings. The van der Waals surface area contributed by atoms with Crippen molar-refractivity contribution in [2.75, 3.05) is 19.6 Å². The number of hydrogen-bond acceptors (Lipinski definition) is 2. The van der Waals surface area contributed by atoms with Gasteiger partial charge in [-0.3, -0.25) is 4.90 Å². The topological polar surface area (TPSA) is 15.3 Å². The van der Waals surface area contributed by atoms with Crippen molar-refractivity contribution in [3.63, 3.8) is 0 Å². The molecule has 3 aliphatic rings. The molecule has 0 radical (unpaired) electrons. The molecule has 0 amide bonds. The SMILES string of the molecule is C1CNC2C(C1)CCCN1CCCC21. The zero-order chi connectivity index (χ0) is 9.38. The molecule has 2 nitrogen and oxygen atoms in total. The van der Waals surface area contributed by atoms with Crippen molar-refractivity contribution in [3.05, 3.63) is 0 Å². The molecule has 0 aliphatic carbocycles. The van der Waals surface area contributed by atoms with E-state index in [2.05, 4.69) is 10.2 Å². The smallest absolute Gasteiger partial charge is 0.0252 e. The molecule has 0 aromatic carbocycles. The fraction of sp³-hybridized carbons (Fsp3) is 1.00. The lowest BCUT2D eigenvalue weighted by atomic mass is 9.84. The maximum Gasteiger partial charge on any atom is 0.0252 e. The molecule has 1 N–H and O–H groups in total. The quantitative estimate of drug-likeness (QED) is 0.630. The van der Waals surface area contributed by atoms with Crippen LogP contribution in [-0.2, 0) is 0 Å². The largest absolute Gasteiger partial charge is 0.312 e. The Bertz CT molecular complexity index is 204. The standard InChI is InChI=1S/C12H22N2/c1-4-10-5-2-8-14-9-3-6-11(14)12(10)13-7-1/h10-13H,1-9H2. The summed E-state index contributed by atoms with van der Waals surface area (Å²) in [5.74, 6) is 0.997. The third-order valence-corrected chi connectivity index (χ3v) is 4.49. The van der Waals surface area contributed by atoms with Crippen LogP contribution < -0.4 is 5.32 Å². The van der Waals surface area contributed by atoms with Crippen molar-refractivity contribution in [1.29, 1.82) is 0 Å². The van der Waals surface area contributed by atoms with Crippen LogP contribution in [-0.4, -0.2) is 36.6 Å². The van der Waals surface area contributed by atoms with Gasteiger partial charge < -0.3 is 5.32 Å². The van der Waals surface area contributed by atoms with E-state index < -0.39 is 0 Å². The van der Waals surface area contributed by atoms with Gasteiger partial charge in [-0.2, -0.15) is 0 Å². The molecule has 3 atom stereocenters. The number of piperidine rings is 1. The van der Waals surface area contributed by atoms with Gasteiger partial charge in [0.15, 0.2) is 0 Å². The minimum atomic E-state index is 0.841. The minimum Gasteiger partial charge on any atom is -0.312 e. The highest BCUT2D eigenvalue weighted by Gasteiger charge is 2.38. The number of hydrogen-bond donors (Lipinski definition) is 1. The molecule has 14 heavy (non-hydrogen) atoms. The van der Waals surface area contributed by atoms with Gasteiger partial charge in [0, 0.05) is 12.1 Å².